The van der Waals surface area contributed by atoms with Crippen LogP contribution in [0.1, 0.15) is 13.3 Å². The van der Waals surface area contributed by atoms with E-state index < -0.39 is 0 Å². The standard InChI is InChI=1S/C9H11NO2/c1-2-12-9(11)4-3-8-5-6-10-7-8/h3-4,6-7H,2,5H2,1H3/b4-3+. The van der Waals surface area contributed by atoms with E-state index in [4.69, 9.17) is 4.74 Å². The fraction of sp³-hybridized carbons (Fsp3) is 0.333. The van der Waals surface area contributed by atoms with Crippen LogP contribution < -0.4 is 0 Å². The van der Waals surface area contributed by atoms with Gasteiger partial charge in [-0.15, -0.1) is 0 Å². The predicted molar refractivity (Wildman–Crippen MR) is 47.0 cm³/mol. The molecule has 0 aromatic rings. The molecule has 0 aromatic heterocycles. The molecular formula is C9H11NO2. The van der Waals surface area contributed by atoms with Gasteiger partial charge >= 0.3 is 5.97 Å². The summed E-state index contributed by atoms with van der Waals surface area (Å²) in [6, 6.07) is 0. The average molecular weight is 165 g/mol. The van der Waals surface area contributed by atoms with Gasteiger partial charge in [-0.25, -0.2) is 4.79 Å². The van der Waals surface area contributed by atoms with Gasteiger partial charge in [-0.05, 0) is 18.6 Å². The Hall–Kier alpha value is -1.38. The molecule has 0 unspecified atom stereocenters. The van der Waals surface area contributed by atoms with Crippen LogP contribution in [0, 0.1) is 0 Å². The summed E-state index contributed by atoms with van der Waals surface area (Å²) < 4.78 is 4.71. The SMILES string of the molecule is CCOC(=O)/C=C/C1=CN=CC1. The Morgan fingerprint density at radius 1 is 1.83 bits per heavy atom. The average Bonchev–Trinajstić information content (AvgIpc) is 2.53. The van der Waals surface area contributed by atoms with E-state index in [1.165, 1.54) is 6.08 Å². The molecule has 1 heterocycles. The lowest BCUT2D eigenvalue weighted by molar-refractivity contribution is -0.137. The van der Waals surface area contributed by atoms with Gasteiger partial charge in [0.1, 0.15) is 0 Å². The Morgan fingerprint density at radius 2 is 2.67 bits per heavy atom. The van der Waals surface area contributed by atoms with Crippen LogP contribution in [0.3, 0.4) is 0 Å². The Bertz CT molecular complexity index is 251. The predicted octanol–water partition coefficient (Wildman–Crippen LogP) is 1.46. The van der Waals surface area contributed by atoms with Crippen molar-refractivity contribution in [2.75, 3.05) is 6.61 Å². The fourth-order valence-electron chi connectivity index (χ4n) is 0.836. The van der Waals surface area contributed by atoms with Gasteiger partial charge in [0.25, 0.3) is 0 Å². The first-order chi connectivity index (χ1) is 5.83. The van der Waals surface area contributed by atoms with Crippen molar-refractivity contribution in [1.82, 2.24) is 0 Å². The van der Waals surface area contributed by atoms with Gasteiger partial charge in [0.05, 0.1) is 6.61 Å². The largest absolute Gasteiger partial charge is 0.463 e. The Morgan fingerprint density at radius 3 is 3.25 bits per heavy atom. The number of rotatable bonds is 3. The zero-order valence-corrected chi connectivity index (χ0v) is 6.99. The fourth-order valence-corrected chi connectivity index (χ4v) is 0.836. The van der Waals surface area contributed by atoms with E-state index in [2.05, 4.69) is 4.99 Å². The van der Waals surface area contributed by atoms with Crippen molar-refractivity contribution >= 4 is 12.2 Å². The van der Waals surface area contributed by atoms with E-state index in [9.17, 15) is 4.79 Å². The van der Waals surface area contributed by atoms with Crippen molar-refractivity contribution < 1.29 is 9.53 Å². The molecule has 0 saturated carbocycles. The van der Waals surface area contributed by atoms with Crippen LogP contribution in [0.2, 0.25) is 0 Å². The van der Waals surface area contributed by atoms with E-state index in [1.807, 2.05) is 0 Å². The topological polar surface area (TPSA) is 38.7 Å². The van der Waals surface area contributed by atoms with Gasteiger partial charge in [0, 0.05) is 24.9 Å². The molecule has 64 valence electrons. The second-order valence-electron chi connectivity index (χ2n) is 2.33. The number of hydrogen-bond acceptors (Lipinski definition) is 3. The molecule has 1 aliphatic rings. The highest BCUT2D eigenvalue weighted by Crippen LogP contribution is 2.07. The van der Waals surface area contributed by atoms with Gasteiger partial charge in [0.15, 0.2) is 0 Å². The summed E-state index contributed by atoms with van der Waals surface area (Å²) in [6.45, 7) is 2.20. The molecule has 0 saturated heterocycles. The number of esters is 1. The molecular weight excluding hydrogens is 154 g/mol. The third-order valence-electron chi connectivity index (χ3n) is 1.39. The van der Waals surface area contributed by atoms with Crippen molar-refractivity contribution in [3.05, 3.63) is 23.9 Å². The first-order valence-corrected chi connectivity index (χ1v) is 3.88. The maximum absolute atomic E-state index is 10.8. The second-order valence-corrected chi connectivity index (χ2v) is 2.33. The molecule has 0 radical (unpaired) electrons. The lowest BCUT2D eigenvalue weighted by atomic mass is 10.2. The minimum atomic E-state index is -0.301. The van der Waals surface area contributed by atoms with Crippen LogP contribution in [0.15, 0.2) is 28.9 Å². The van der Waals surface area contributed by atoms with Crippen molar-refractivity contribution in [1.29, 1.82) is 0 Å². The minimum absolute atomic E-state index is 0.301. The van der Waals surface area contributed by atoms with Gasteiger partial charge in [-0.3, -0.25) is 4.99 Å². The summed E-state index contributed by atoms with van der Waals surface area (Å²) in [5.74, 6) is -0.301. The van der Waals surface area contributed by atoms with Crippen LogP contribution in [-0.2, 0) is 9.53 Å². The van der Waals surface area contributed by atoms with Crippen LogP contribution >= 0.6 is 0 Å². The highest BCUT2D eigenvalue weighted by atomic mass is 16.5. The van der Waals surface area contributed by atoms with Gasteiger partial charge in [0.2, 0.25) is 0 Å². The number of aliphatic imine (C=N–C) groups is 1. The molecule has 1 rings (SSSR count). The molecule has 0 atom stereocenters. The van der Waals surface area contributed by atoms with E-state index in [1.54, 1.807) is 25.4 Å². The van der Waals surface area contributed by atoms with Crippen LogP contribution in [-0.4, -0.2) is 18.8 Å². The molecule has 0 bridgehead atoms. The van der Waals surface area contributed by atoms with E-state index in [0.29, 0.717) is 6.61 Å². The van der Waals surface area contributed by atoms with E-state index in [-0.39, 0.29) is 5.97 Å². The van der Waals surface area contributed by atoms with Crippen molar-refractivity contribution in [2.45, 2.75) is 13.3 Å². The zero-order valence-electron chi connectivity index (χ0n) is 6.99. The van der Waals surface area contributed by atoms with Gasteiger partial charge in [-0.1, -0.05) is 0 Å². The summed E-state index contributed by atoms with van der Waals surface area (Å²) in [5, 5.41) is 0. The number of hydrogen-bond donors (Lipinski definition) is 0. The van der Waals surface area contributed by atoms with E-state index >= 15 is 0 Å². The highest BCUT2D eigenvalue weighted by Gasteiger charge is 1.97. The maximum Gasteiger partial charge on any atom is 0.330 e. The Labute approximate surface area is 71.4 Å². The monoisotopic (exact) mass is 165 g/mol. The third kappa shape index (κ3) is 2.70. The number of nitrogens with zero attached hydrogens (tertiary/aromatic N) is 1. The highest BCUT2D eigenvalue weighted by molar-refractivity contribution is 5.83. The summed E-state index contributed by atoms with van der Waals surface area (Å²) in [7, 11) is 0. The van der Waals surface area contributed by atoms with Crippen molar-refractivity contribution in [2.24, 2.45) is 4.99 Å². The molecule has 1 aliphatic heterocycles. The molecule has 12 heavy (non-hydrogen) atoms. The molecule has 0 amide bonds. The lowest BCUT2D eigenvalue weighted by Gasteiger charge is -1.94. The lowest BCUT2D eigenvalue weighted by Crippen LogP contribution is -1.98. The second kappa shape index (κ2) is 4.49. The van der Waals surface area contributed by atoms with Crippen LogP contribution in [0.4, 0.5) is 0 Å². The smallest absolute Gasteiger partial charge is 0.330 e. The van der Waals surface area contributed by atoms with Crippen molar-refractivity contribution in [3.8, 4) is 0 Å². The summed E-state index contributed by atoms with van der Waals surface area (Å²) in [4.78, 5) is 14.7. The number of carbonyl (C=O) groups excluding carboxylic acids is 1. The quantitative estimate of drug-likeness (QED) is 0.469. The normalized spacial score (nSPS) is 15.2. The zero-order chi connectivity index (χ0) is 8.81. The van der Waals surface area contributed by atoms with E-state index in [0.717, 1.165) is 12.0 Å². The summed E-state index contributed by atoms with van der Waals surface area (Å²) >= 11 is 0. The maximum atomic E-state index is 10.8. The molecule has 0 spiro atoms. The van der Waals surface area contributed by atoms with Crippen LogP contribution in [0.25, 0.3) is 0 Å². The first-order valence-electron chi connectivity index (χ1n) is 3.88. The summed E-state index contributed by atoms with van der Waals surface area (Å²) in [6.07, 6.45) is 7.48. The molecule has 0 aliphatic carbocycles. The summed E-state index contributed by atoms with van der Waals surface area (Å²) in [5.41, 5.74) is 1.03. The number of allylic oxidation sites excluding steroid dienone is 2. The number of carbonyl (C=O) groups is 1. The number of ether oxygens (including phenoxy) is 1. The van der Waals surface area contributed by atoms with Crippen LogP contribution in [0.5, 0.6) is 0 Å². The molecule has 3 heteroatoms. The third-order valence-corrected chi connectivity index (χ3v) is 1.39. The Balaban J connectivity index is 2.34. The molecule has 0 fully saturated rings. The first kappa shape index (κ1) is 8.71. The molecule has 0 N–H and O–H groups in total. The molecule has 3 nitrogen and oxygen atoms in total. The Kier molecular flexibility index (Phi) is 3.26. The molecule has 0 aromatic carbocycles. The van der Waals surface area contributed by atoms with Crippen molar-refractivity contribution in [3.63, 3.8) is 0 Å². The minimum Gasteiger partial charge on any atom is -0.463 e. The van der Waals surface area contributed by atoms with Gasteiger partial charge < -0.3 is 4.74 Å². The van der Waals surface area contributed by atoms with Gasteiger partial charge in [-0.2, -0.15) is 0 Å².